The standard InChI is InChI=1S/C29H45NO8/c1-5-8-11-14-26(32)37-23-17-16-22(18-24(23)38-27(33)15-12-9-6-2)20-29(30,28(34)35)19-21(4)36-25(31)13-10-7-3/h16-18,21H,5-15,19-20,30H2,1-4H3,(H,34,35)/t21-,29?/m0/s1. The van der Waals surface area contributed by atoms with Crippen LogP contribution in [0.15, 0.2) is 18.2 Å². The molecule has 0 aromatic heterocycles. The minimum Gasteiger partial charge on any atom is -0.480 e. The number of esters is 3. The Balaban J connectivity index is 3.10. The molecular formula is C29H45NO8. The average molecular weight is 536 g/mol. The second kappa shape index (κ2) is 17.5. The number of aliphatic carboxylic acids is 1. The number of ether oxygens (including phenoxy) is 3. The Labute approximate surface area is 226 Å². The van der Waals surface area contributed by atoms with Gasteiger partial charge in [-0.1, -0.05) is 58.9 Å². The second-order valence-corrected chi connectivity index (χ2v) is 9.89. The third-order valence-electron chi connectivity index (χ3n) is 6.09. The van der Waals surface area contributed by atoms with Gasteiger partial charge in [0.1, 0.15) is 11.6 Å². The minimum atomic E-state index is -1.74. The van der Waals surface area contributed by atoms with Crippen LogP contribution in [0.1, 0.15) is 110 Å². The van der Waals surface area contributed by atoms with Gasteiger partial charge < -0.3 is 25.1 Å². The summed E-state index contributed by atoms with van der Waals surface area (Å²) in [6.07, 6.45) is 6.34. The molecule has 0 saturated carbocycles. The molecule has 2 atom stereocenters. The maximum Gasteiger partial charge on any atom is 0.324 e. The Morgan fingerprint density at radius 3 is 1.87 bits per heavy atom. The molecule has 38 heavy (non-hydrogen) atoms. The first-order chi connectivity index (χ1) is 18.0. The maximum absolute atomic E-state index is 12.4. The van der Waals surface area contributed by atoms with Crippen LogP contribution in [0.4, 0.5) is 0 Å². The zero-order chi connectivity index (χ0) is 28.6. The number of benzene rings is 1. The molecule has 0 heterocycles. The molecule has 0 aliphatic heterocycles. The van der Waals surface area contributed by atoms with Gasteiger partial charge in [0.2, 0.25) is 0 Å². The molecule has 1 unspecified atom stereocenters. The third kappa shape index (κ3) is 12.5. The number of carbonyl (C=O) groups is 4. The molecule has 3 N–H and O–H groups in total. The van der Waals surface area contributed by atoms with Gasteiger partial charge in [-0.25, -0.2) is 0 Å². The Kier molecular flexibility index (Phi) is 15.3. The zero-order valence-electron chi connectivity index (χ0n) is 23.4. The van der Waals surface area contributed by atoms with Crippen molar-refractivity contribution in [1.82, 2.24) is 0 Å². The Bertz CT molecular complexity index is 916. The summed E-state index contributed by atoms with van der Waals surface area (Å²) in [5.74, 6) is -2.42. The quantitative estimate of drug-likeness (QED) is 0.133. The van der Waals surface area contributed by atoms with E-state index >= 15 is 0 Å². The highest BCUT2D eigenvalue weighted by atomic mass is 16.6. The molecule has 0 aliphatic rings. The molecule has 0 fully saturated rings. The Hall–Kier alpha value is -2.94. The molecule has 0 aliphatic carbocycles. The van der Waals surface area contributed by atoms with Crippen molar-refractivity contribution in [3.63, 3.8) is 0 Å². The first-order valence-electron chi connectivity index (χ1n) is 13.8. The molecule has 0 saturated heterocycles. The number of nitrogens with two attached hydrogens (primary N) is 1. The van der Waals surface area contributed by atoms with E-state index in [9.17, 15) is 24.3 Å². The van der Waals surface area contributed by atoms with E-state index in [0.29, 0.717) is 24.8 Å². The van der Waals surface area contributed by atoms with Gasteiger partial charge >= 0.3 is 23.9 Å². The Morgan fingerprint density at radius 1 is 0.816 bits per heavy atom. The first-order valence-corrected chi connectivity index (χ1v) is 13.8. The summed E-state index contributed by atoms with van der Waals surface area (Å²) < 4.78 is 16.4. The van der Waals surface area contributed by atoms with Crippen molar-refractivity contribution >= 4 is 23.9 Å². The lowest BCUT2D eigenvalue weighted by Crippen LogP contribution is -2.52. The average Bonchev–Trinajstić information content (AvgIpc) is 2.84. The van der Waals surface area contributed by atoms with Gasteiger partial charge in [0, 0.05) is 32.1 Å². The number of unbranched alkanes of at least 4 members (excludes halogenated alkanes) is 5. The zero-order valence-corrected chi connectivity index (χ0v) is 23.4. The summed E-state index contributed by atoms with van der Waals surface area (Å²) in [6.45, 7) is 7.63. The predicted octanol–water partition coefficient (Wildman–Crippen LogP) is 5.49. The van der Waals surface area contributed by atoms with Gasteiger partial charge in [-0.3, -0.25) is 19.2 Å². The van der Waals surface area contributed by atoms with E-state index in [1.807, 2.05) is 20.8 Å². The normalized spacial score (nSPS) is 13.3. The molecule has 9 nitrogen and oxygen atoms in total. The van der Waals surface area contributed by atoms with E-state index < -0.39 is 35.5 Å². The van der Waals surface area contributed by atoms with Crippen LogP contribution in [0.2, 0.25) is 0 Å². The van der Waals surface area contributed by atoms with Crippen LogP contribution in [0.3, 0.4) is 0 Å². The fraction of sp³-hybridized carbons (Fsp3) is 0.655. The van der Waals surface area contributed by atoms with Crippen LogP contribution in [0.5, 0.6) is 11.5 Å². The van der Waals surface area contributed by atoms with Crippen LogP contribution in [0, 0.1) is 0 Å². The van der Waals surface area contributed by atoms with Crippen molar-refractivity contribution in [3.8, 4) is 11.5 Å². The molecule has 0 bridgehead atoms. The van der Waals surface area contributed by atoms with Gasteiger partial charge in [-0.2, -0.15) is 0 Å². The molecule has 0 radical (unpaired) electrons. The molecular weight excluding hydrogens is 490 g/mol. The maximum atomic E-state index is 12.4. The number of rotatable bonds is 19. The summed E-state index contributed by atoms with van der Waals surface area (Å²) in [5.41, 5.74) is 5.01. The number of hydrogen-bond donors (Lipinski definition) is 2. The van der Waals surface area contributed by atoms with Gasteiger partial charge in [0.25, 0.3) is 0 Å². The van der Waals surface area contributed by atoms with Gasteiger partial charge in [0.05, 0.1) is 0 Å². The lowest BCUT2D eigenvalue weighted by atomic mass is 9.86. The summed E-state index contributed by atoms with van der Waals surface area (Å²) in [5, 5.41) is 9.91. The van der Waals surface area contributed by atoms with Crippen molar-refractivity contribution in [3.05, 3.63) is 23.8 Å². The van der Waals surface area contributed by atoms with E-state index in [2.05, 4.69) is 0 Å². The van der Waals surface area contributed by atoms with Gasteiger partial charge in [0.15, 0.2) is 11.5 Å². The molecule has 1 aromatic rings. The molecule has 0 amide bonds. The summed E-state index contributed by atoms with van der Waals surface area (Å²) in [4.78, 5) is 48.9. The lowest BCUT2D eigenvalue weighted by Gasteiger charge is -2.28. The van der Waals surface area contributed by atoms with E-state index in [4.69, 9.17) is 19.9 Å². The summed E-state index contributed by atoms with van der Waals surface area (Å²) in [7, 11) is 0. The third-order valence-corrected chi connectivity index (χ3v) is 6.09. The molecule has 214 valence electrons. The Morgan fingerprint density at radius 2 is 1.34 bits per heavy atom. The highest BCUT2D eigenvalue weighted by Crippen LogP contribution is 2.32. The number of carboxylic acids is 1. The molecule has 0 spiro atoms. The van der Waals surface area contributed by atoms with Crippen molar-refractivity contribution in [1.29, 1.82) is 0 Å². The van der Waals surface area contributed by atoms with Crippen molar-refractivity contribution in [2.45, 2.75) is 123 Å². The molecule has 1 aromatic carbocycles. The largest absolute Gasteiger partial charge is 0.480 e. The highest BCUT2D eigenvalue weighted by Gasteiger charge is 2.37. The number of carboxylic acid groups (broad SMARTS) is 1. The molecule has 9 heteroatoms. The SMILES string of the molecule is CCCCCC(=O)Oc1ccc(CC(N)(C[C@H](C)OC(=O)CCCC)C(=O)O)cc1OC(=O)CCCCC. The van der Waals surface area contributed by atoms with E-state index in [0.717, 1.165) is 32.1 Å². The molecule has 1 rings (SSSR count). The minimum absolute atomic E-state index is 0.0413. The van der Waals surface area contributed by atoms with Crippen molar-refractivity contribution in [2.24, 2.45) is 5.73 Å². The van der Waals surface area contributed by atoms with Gasteiger partial charge in [-0.05, 0) is 43.9 Å². The second-order valence-electron chi connectivity index (χ2n) is 9.89. The summed E-state index contributed by atoms with van der Waals surface area (Å²) >= 11 is 0. The number of carbonyl (C=O) groups excluding carboxylic acids is 3. The summed E-state index contributed by atoms with van der Waals surface area (Å²) in [6, 6.07) is 4.55. The van der Waals surface area contributed by atoms with Gasteiger partial charge in [-0.15, -0.1) is 0 Å². The van der Waals surface area contributed by atoms with Crippen LogP contribution in [0.25, 0.3) is 0 Å². The van der Waals surface area contributed by atoms with Crippen LogP contribution in [-0.2, 0) is 30.3 Å². The van der Waals surface area contributed by atoms with E-state index in [1.54, 1.807) is 13.0 Å². The fourth-order valence-corrected chi connectivity index (χ4v) is 3.97. The van der Waals surface area contributed by atoms with E-state index in [-0.39, 0.29) is 43.6 Å². The van der Waals surface area contributed by atoms with Crippen molar-refractivity contribution in [2.75, 3.05) is 0 Å². The first kappa shape index (κ1) is 33.1. The fourth-order valence-electron chi connectivity index (χ4n) is 3.97. The smallest absolute Gasteiger partial charge is 0.324 e. The monoisotopic (exact) mass is 535 g/mol. The van der Waals surface area contributed by atoms with Crippen LogP contribution < -0.4 is 15.2 Å². The predicted molar refractivity (Wildman–Crippen MR) is 144 cm³/mol. The number of hydrogen-bond acceptors (Lipinski definition) is 8. The highest BCUT2D eigenvalue weighted by molar-refractivity contribution is 5.80. The van der Waals surface area contributed by atoms with Crippen LogP contribution in [-0.4, -0.2) is 40.6 Å². The van der Waals surface area contributed by atoms with E-state index in [1.165, 1.54) is 12.1 Å². The van der Waals surface area contributed by atoms with Crippen LogP contribution >= 0.6 is 0 Å². The van der Waals surface area contributed by atoms with Crippen molar-refractivity contribution < 1.29 is 38.5 Å². The lowest BCUT2D eigenvalue weighted by molar-refractivity contribution is -0.153. The topological polar surface area (TPSA) is 142 Å².